The molecule has 0 aromatic carbocycles. The monoisotopic (exact) mass is 489 g/mol. The lowest BCUT2D eigenvalue weighted by Crippen LogP contribution is -2.59. The number of likely N-dealkylation sites (N-methyl/N-ethyl adjacent to an activating group) is 1. The number of rotatable bonds is 3. The second-order valence-corrected chi connectivity index (χ2v) is 11.6. The lowest BCUT2D eigenvalue weighted by Gasteiger charge is -2.60. The van der Waals surface area contributed by atoms with Crippen LogP contribution in [0.5, 0.6) is 0 Å². The van der Waals surface area contributed by atoms with Crippen molar-refractivity contribution in [3.8, 4) is 0 Å². The predicted molar refractivity (Wildman–Crippen MR) is 126 cm³/mol. The third-order valence-corrected chi connectivity index (χ3v) is 10.1. The fourth-order valence-corrected chi connectivity index (χ4v) is 8.25. The molecule has 0 unspecified atom stereocenters. The van der Waals surface area contributed by atoms with Crippen LogP contribution in [-0.2, 0) is 15.8 Å². The Bertz CT molecular complexity index is 1040. The number of halogens is 3. The van der Waals surface area contributed by atoms with Crippen molar-refractivity contribution in [2.45, 2.75) is 71.0 Å². The van der Waals surface area contributed by atoms with Crippen LogP contribution in [0.15, 0.2) is 30.5 Å². The quantitative estimate of drug-likeness (QED) is 0.594. The summed E-state index contributed by atoms with van der Waals surface area (Å²) < 4.78 is 38.3. The average molecular weight is 490 g/mol. The number of hydrogen-bond donors (Lipinski definition) is 1. The van der Waals surface area contributed by atoms with Crippen molar-refractivity contribution in [1.29, 1.82) is 0 Å². The van der Waals surface area contributed by atoms with E-state index in [-0.39, 0.29) is 34.6 Å². The van der Waals surface area contributed by atoms with Gasteiger partial charge in [0.1, 0.15) is 5.69 Å². The zero-order chi connectivity index (χ0) is 25.2. The fraction of sp³-hybridized carbons (Fsp3) is 0.667. The minimum Gasteiger partial charge on any atom is -0.338 e. The van der Waals surface area contributed by atoms with Gasteiger partial charge >= 0.3 is 6.18 Å². The Hall–Kier alpha value is -2.38. The number of anilines is 1. The number of fused-ring (bicyclic) bond motifs is 5. The van der Waals surface area contributed by atoms with E-state index in [2.05, 4.69) is 30.2 Å². The van der Waals surface area contributed by atoms with Gasteiger partial charge in [0.05, 0.1) is 11.9 Å². The Morgan fingerprint density at radius 3 is 2.60 bits per heavy atom. The summed E-state index contributed by atoms with van der Waals surface area (Å²) in [5.74, 6) is 1.88. The van der Waals surface area contributed by atoms with E-state index in [9.17, 15) is 22.8 Å². The minimum absolute atomic E-state index is 0.00204. The van der Waals surface area contributed by atoms with Gasteiger partial charge in [-0.1, -0.05) is 19.9 Å². The Balaban J connectivity index is 1.27. The Kier molecular flexibility index (Phi) is 5.80. The third kappa shape index (κ3) is 3.97. The van der Waals surface area contributed by atoms with Gasteiger partial charge in [-0.3, -0.25) is 9.59 Å². The van der Waals surface area contributed by atoms with Gasteiger partial charge in [-0.05, 0) is 85.8 Å². The number of amides is 2. The van der Waals surface area contributed by atoms with Crippen LogP contribution in [0.2, 0.25) is 0 Å². The first-order valence-corrected chi connectivity index (χ1v) is 12.7. The van der Waals surface area contributed by atoms with Crippen LogP contribution >= 0.6 is 0 Å². The van der Waals surface area contributed by atoms with Crippen LogP contribution in [0.4, 0.5) is 18.9 Å². The predicted octanol–water partition coefficient (Wildman–Crippen LogP) is 5.68. The number of hydrogen-bond acceptors (Lipinski definition) is 3. The second kappa shape index (κ2) is 8.34. The normalized spacial score (nSPS) is 38.5. The maximum absolute atomic E-state index is 12.8. The van der Waals surface area contributed by atoms with Crippen LogP contribution in [0.3, 0.4) is 0 Å². The summed E-state index contributed by atoms with van der Waals surface area (Å²) in [7, 11) is 1.93. The molecule has 1 aliphatic heterocycles. The van der Waals surface area contributed by atoms with Gasteiger partial charge in [0, 0.05) is 24.9 Å². The summed E-state index contributed by atoms with van der Waals surface area (Å²) in [5.41, 5.74) is -0.594. The highest BCUT2D eigenvalue weighted by molar-refractivity contribution is 5.90. The van der Waals surface area contributed by atoms with Crippen molar-refractivity contribution in [3.05, 3.63) is 36.2 Å². The summed E-state index contributed by atoms with van der Waals surface area (Å²) >= 11 is 0. The van der Waals surface area contributed by atoms with Crippen LogP contribution in [0.25, 0.3) is 0 Å². The van der Waals surface area contributed by atoms with Crippen molar-refractivity contribution in [3.63, 3.8) is 0 Å². The number of aromatic nitrogens is 1. The lowest BCUT2D eigenvalue weighted by atomic mass is 9.47. The molecule has 1 N–H and O–H groups in total. The lowest BCUT2D eigenvalue weighted by molar-refractivity contribution is -0.141. The van der Waals surface area contributed by atoms with Gasteiger partial charge in [-0.2, -0.15) is 13.2 Å². The zero-order valence-corrected chi connectivity index (χ0v) is 20.6. The topological polar surface area (TPSA) is 62.3 Å². The largest absolute Gasteiger partial charge is 0.433 e. The van der Waals surface area contributed by atoms with E-state index in [1.54, 1.807) is 6.08 Å². The van der Waals surface area contributed by atoms with Gasteiger partial charge < -0.3 is 10.2 Å². The number of pyridine rings is 1. The number of nitrogens with zero attached hydrogens (tertiary/aromatic N) is 2. The van der Waals surface area contributed by atoms with Crippen molar-refractivity contribution >= 4 is 17.5 Å². The summed E-state index contributed by atoms with van der Waals surface area (Å²) in [6, 6.07) is 2.41. The molecule has 3 saturated carbocycles. The summed E-state index contributed by atoms with van der Waals surface area (Å²) in [6.45, 7) is 4.67. The number of nitrogens with one attached hydrogen (secondary N) is 1. The molecule has 190 valence electrons. The van der Waals surface area contributed by atoms with E-state index in [0.717, 1.165) is 50.8 Å². The number of carbonyl (C=O) groups is 2. The summed E-state index contributed by atoms with van der Waals surface area (Å²) in [5, 5.41) is 2.75. The maximum Gasteiger partial charge on any atom is 0.433 e. The molecule has 3 fully saturated rings. The first-order chi connectivity index (χ1) is 16.4. The van der Waals surface area contributed by atoms with Crippen molar-refractivity contribution in [1.82, 2.24) is 9.88 Å². The van der Waals surface area contributed by atoms with Crippen LogP contribution in [-0.4, -0.2) is 34.8 Å². The highest BCUT2D eigenvalue weighted by atomic mass is 19.4. The molecule has 3 aliphatic carbocycles. The van der Waals surface area contributed by atoms with Gasteiger partial charge in [0.2, 0.25) is 11.8 Å². The molecule has 1 aromatic heterocycles. The first kappa shape index (κ1) is 24.3. The van der Waals surface area contributed by atoms with Crippen molar-refractivity contribution in [2.24, 2.45) is 34.5 Å². The van der Waals surface area contributed by atoms with E-state index in [1.807, 2.05) is 11.9 Å². The van der Waals surface area contributed by atoms with Crippen LogP contribution < -0.4 is 5.32 Å². The molecule has 35 heavy (non-hydrogen) atoms. The first-order valence-electron chi connectivity index (χ1n) is 12.7. The SMILES string of the molecule is CN1C(=O)C=C[C@]2(C)[C@H]3CC[C@]4(C)[C@@H](CC(=O)Nc5ccc(C(F)(F)F)nc5)CC[C@H]4[C@@H]3CC[C@@H]12. The average Bonchev–Trinajstić information content (AvgIpc) is 3.12. The molecular weight excluding hydrogens is 455 g/mol. The van der Waals surface area contributed by atoms with E-state index in [4.69, 9.17) is 0 Å². The molecular formula is C27H34F3N3O2. The van der Waals surface area contributed by atoms with E-state index >= 15 is 0 Å². The summed E-state index contributed by atoms with van der Waals surface area (Å²) in [6.07, 6.45) is 7.28. The van der Waals surface area contributed by atoms with Crippen LogP contribution in [0, 0.1) is 34.5 Å². The number of alkyl halides is 3. The van der Waals surface area contributed by atoms with E-state index in [0.29, 0.717) is 29.9 Å². The summed E-state index contributed by atoms with van der Waals surface area (Å²) in [4.78, 5) is 30.5. The molecule has 5 rings (SSSR count). The van der Waals surface area contributed by atoms with Gasteiger partial charge in [0.15, 0.2) is 0 Å². The van der Waals surface area contributed by atoms with Gasteiger partial charge in [-0.25, -0.2) is 4.98 Å². The Labute approximate surface area is 204 Å². The van der Waals surface area contributed by atoms with Gasteiger partial charge in [-0.15, -0.1) is 0 Å². The molecule has 1 aromatic rings. The standard InChI is InChI=1S/C27H34F3N3O2/c1-25-12-10-20-18(6-9-22-26(20,2)13-11-24(35)33(22)3)19(25)7-4-16(25)14-23(34)32-17-5-8-21(31-15-17)27(28,29)30/h5,8,11,13,15-16,18-20,22H,4,6-7,9-10,12,14H2,1-3H3,(H,32,34)/t16-,18+,19+,20+,22-,25-,26-/m1/s1. The van der Waals surface area contributed by atoms with Crippen molar-refractivity contribution in [2.75, 3.05) is 12.4 Å². The molecule has 4 aliphatic rings. The van der Waals surface area contributed by atoms with E-state index in [1.165, 1.54) is 6.07 Å². The molecule has 7 atom stereocenters. The molecule has 0 radical (unpaired) electrons. The molecule has 0 spiro atoms. The highest BCUT2D eigenvalue weighted by Gasteiger charge is 2.60. The maximum atomic E-state index is 12.8. The molecule has 8 heteroatoms. The number of carbonyl (C=O) groups excluding carboxylic acids is 2. The van der Waals surface area contributed by atoms with Gasteiger partial charge in [0.25, 0.3) is 0 Å². The van der Waals surface area contributed by atoms with Crippen LogP contribution in [0.1, 0.15) is 64.5 Å². The second-order valence-electron chi connectivity index (χ2n) is 11.6. The van der Waals surface area contributed by atoms with Crippen molar-refractivity contribution < 1.29 is 22.8 Å². The Morgan fingerprint density at radius 2 is 1.91 bits per heavy atom. The molecule has 0 bridgehead atoms. The molecule has 2 heterocycles. The highest BCUT2D eigenvalue weighted by Crippen LogP contribution is 2.66. The zero-order valence-electron chi connectivity index (χ0n) is 20.6. The molecule has 2 amide bonds. The Morgan fingerprint density at radius 1 is 1.14 bits per heavy atom. The fourth-order valence-electron chi connectivity index (χ4n) is 8.25. The molecule has 5 nitrogen and oxygen atoms in total. The smallest absolute Gasteiger partial charge is 0.338 e. The van der Waals surface area contributed by atoms with E-state index < -0.39 is 11.9 Å². The minimum atomic E-state index is -4.50. The third-order valence-electron chi connectivity index (χ3n) is 10.1. The molecule has 0 saturated heterocycles.